The van der Waals surface area contributed by atoms with Crippen molar-refractivity contribution in [3.8, 4) is 17.4 Å². The number of rotatable bonds is 3. The monoisotopic (exact) mass is 244 g/mol. The maximum Gasteiger partial charge on any atom is 0.254 e. The molecule has 0 spiro atoms. The van der Waals surface area contributed by atoms with Crippen LogP contribution >= 0.6 is 0 Å². The number of hydrogen-bond acceptors (Lipinski definition) is 4. The molecule has 0 saturated carbocycles. The topological polar surface area (TPSA) is 85.4 Å². The number of aryl methyl sites for hydroxylation is 1. The highest BCUT2D eigenvalue weighted by Gasteiger charge is 2.12. The van der Waals surface area contributed by atoms with Crippen molar-refractivity contribution in [1.82, 2.24) is 4.98 Å². The number of aromatic hydroxyl groups is 1. The number of phenols is 1. The van der Waals surface area contributed by atoms with Crippen LogP contribution in [-0.2, 0) is 0 Å². The van der Waals surface area contributed by atoms with Gasteiger partial charge in [-0.1, -0.05) is 6.07 Å². The highest BCUT2D eigenvalue weighted by atomic mass is 16.5. The molecule has 0 aliphatic carbocycles. The Bertz CT molecular complexity index is 597. The molecule has 1 heterocycles. The van der Waals surface area contributed by atoms with Crippen LogP contribution in [-0.4, -0.2) is 16.0 Å². The minimum Gasteiger partial charge on any atom is -0.508 e. The zero-order valence-corrected chi connectivity index (χ0v) is 9.75. The Morgan fingerprint density at radius 1 is 1.33 bits per heavy atom. The van der Waals surface area contributed by atoms with E-state index in [2.05, 4.69) is 4.98 Å². The van der Waals surface area contributed by atoms with E-state index in [1.54, 1.807) is 31.2 Å². The number of benzene rings is 1. The van der Waals surface area contributed by atoms with Crippen molar-refractivity contribution in [1.29, 1.82) is 0 Å². The summed E-state index contributed by atoms with van der Waals surface area (Å²) in [5, 5.41) is 9.33. The van der Waals surface area contributed by atoms with Crippen molar-refractivity contribution in [3.63, 3.8) is 0 Å². The van der Waals surface area contributed by atoms with Crippen molar-refractivity contribution >= 4 is 5.91 Å². The number of primary amides is 1. The van der Waals surface area contributed by atoms with Crippen LogP contribution in [0.15, 0.2) is 36.4 Å². The Morgan fingerprint density at radius 2 is 2.11 bits per heavy atom. The standard InChI is InChI=1S/C13H12N2O3/c1-8-5-6-11(12(14)17)13(15-8)18-10-4-2-3-9(16)7-10/h2-7,16H,1H3,(H2,14,17). The first-order valence-electron chi connectivity index (χ1n) is 5.30. The molecule has 2 rings (SSSR count). The van der Waals surface area contributed by atoms with Gasteiger partial charge in [0, 0.05) is 11.8 Å². The maximum atomic E-state index is 11.2. The first-order valence-corrected chi connectivity index (χ1v) is 5.30. The molecule has 1 aromatic carbocycles. The van der Waals surface area contributed by atoms with Crippen molar-refractivity contribution in [2.45, 2.75) is 6.92 Å². The fraction of sp³-hybridized carbons (Fsp3) is 0.0769. The lowest BCUT2D eigenvalue weighted by Crippen LogP contribution is -2.13. The minimum absolute atomic E-state index is 0.0702. The lowest BCUT2D eigenvalue weighted by molar-refractivity contribution is 0.0997. The van der Waals surface area contributed by atoms with Crippen LogP contribution in [0.25, 0.3) is 0 Å². The highest BCUT2D eigenvalue weighted by Crippen LogP contribution is 2.25. The Morgan fingerprint density at radius 3 is 2.78 bits per heavy atom. The van der Waals surface area contributed by atoms with Crippen molar-refractivity contribution in [3.05, 3.63) is 47.7 Å². The molecule has 1 amide bonds. The molecule has 1 aromatic heterocycles. The number of nitrogens with zero attached hydrogens (tertiary/aromatic N) is 1. The van der Waals surface area contributed by atoms with E-state index in [-0.39, 0.29) is 17.2 Å². The highest BCUT2D eigenvalue weighted by molar-refractivity contribution is 5.95. The summed E-state index contributed by atoms with van der Waals surface area (Å²) in [6, 6.07) is 9.46. The predicted molar refractivity (Wildman–Crippen MR) is 65.7 cm³/mol. The summed E-state index contributed by atoms with van der Waals surface area (Å²) in [6.07, 6.45) is 0. The van der Waals surface area contributed by atoms with E-state index >= 15 is 0 Å². The zero-order chi connectivity index (χ0) is 13.1. The van der Waals surface area contributed by atoms with Gasteiger partial charge in [-0.2, -0.15) is 0 Å². The van der Waals surface area contributed by atoms with Gasteiger partial charge in [0.1, 0.15) is 17.1 Å². The van der Waals surface area contributed by atoms with Gasteiger partial charge in [0.2, 0.25) is 5.88 Å². The van der Waals surface area contributed by atoms with Crippen LogP contribution in [0.3, 0.4) is 0 Å². The third-order valence-electron chi connectivity index (χ3n) is 2.30. The molecular weight excluding hydrogens is 232 g/mol. The van der Waals surface area contributed by atoms with Crippen molar-refractivity contribution in [2.24, 2.45) is 5.73 Å². The second kappa shape index (κ2) is 4.75. The second-order valence-corrected chi connectivity index (χ2v) is 3.77. The minimum atomic E-state index is -0.613. The number of ether oxygens (including phenoxy) is 1. The molecule has 0 saturated heterocycles. The Hall–Kier alpha value is -2.56. The number of carbonyl (C=O) groups excluding carboxylic acids is 1. The van der Waals surface area contributed by atoms with E-state index in [1.807, 2.05) is 0 Å². The summed E-state index contributed by atoms with van der Waals surface area (Å²) in [5.41, 5.74) is 6.14. The maximum absolute atomic E-state index is 11.2. The molecule has 0 radical (unpaired) electrons. The molecule has 0 fully saturated rings. The molecule has 0 unspecified atom stereocenters. The van der Waals surface area contributed by atoms with E-state index in [1.165, 1.54) is 12.1 Å². The van der Waals surface area contributed by atoms with Crippen LogP contribution in [0.1, 0.15) is 16.1 Å². The summed E-state index contributed by atoms with van der Waals surface area (Å²) in [4.78, 5) is 15.4. The largest absolute Gasteiger partial charge is 0.508 e. The second-order valence-electron chi connectivity index (χ2n) is 3.77. The van der Waals surface area contributed by atoms with Crippen LogP contribution in [0.5, 0.6) is 17.4 Å². The van der Waals surface area contributed by atoms with Gasteiger partial charge in [0.05, 0.1) is 0 Å². The van der Waals surface area contributed by atoms with E-state index in [0.717, 1.165) is 0 Å². The van der Waals surface area contributed by atoms with E-state index in [9.17, 15) is 9.90 Å². The Labute approximate surface area is 104 Å². The molecule has 3 N–H and O–H groups in total. The summed E-state index contributed by atoms with van der Waals surface area (Å²) < 4.78 is 5.46. The molecule has 2 aromatic rings. The molecule has 5 nitrogen and oxygen atoms in total. The third-order valence-corrected chi connectivity index (χ3v) is 2.30. The van der Waals surface area contributed by atoms with Gasteiger partial charge in [-0.3, -0.25) is 4.79 Å². The summed E-state index contributed by atoms with van der Waals surface area (Å²) >= 11 is 0. The number of pyridine rings is 1. The van der Waals surface area contributed by atoms with Crippen molar-refractivity contribution < 1.29 is 14.6 Å². The predicted octanol–water partition coefficient (Wildman–Crippen LogP) is 1.99. The zero-order valence-electron chi connectivity index (χ0n) is 9.75. The first-order chi connectivity index (χ1) is 8.56. The van der Waals surface area contributed by atoms with Gasteiger partial charge in [0.15, 0.2) is 0 Å². The van der Waals surface area contributed by atoms with Gasteiger partial charge < -0.3 is 15.6 Å². The SMILES string of the molecule is Cc1ccc(C(N)=O)c(Oc2cccc(O)c2)n1. The number of nitrogens with two attached hydrogens (primary N) is 1. The van der Waals surface area contributed by atoms with Crippen molar-refractivity contribution in [2.75, 3.05) is 0 Å². The molecule has 0 aliphatic rings. The quantitative estimate of drug-likeness (QED) is 0.864. The average molecular weight is 244 g/mol. The van der Waals surface area contributed by atoms with Gasteiger partial charge in [-0.25, -0.2) is 4.98 Å². The molecule has 5 heteroatoms. The smallest absolute Gasteiger partial charge is 0.254 e. The molecule has 0 atom stereocenters. The van der Waals surface area contributed by atoms with E-state index in [4.69, 9.17) is 10.5 Å². The lowest BCUT2D eigenvalue weighted by Gasteiger charge is -2.08. The summed E-state index contributed by atoms with van der Waals surface area (Å²) in [7, 11) is 0. The number of amides is 1. The van der Waals surface area contributed by atoms with Gasteiger partial charge in [-0.15, -0.1) is 0 Å². The van der Waals surface area contributed by atoms with Crippen LogP contribution in [0.4, 0.5) is 0 Å². The molecule has 92 valence electrons. The van der Waals surface area contributed by atoms with E-state index < -0.39 is 5.91 Å². The van der Waals surface area contributed by atoms with Gasteiger partial charge in [-0.05, 0) is 31.2 Å². The summed E-state index contributed by atoms with van der Waals surface area (Å²) in [6.45, 7) is 1.78. The fourth-order valence-corrected chi connectivity index (χ4v) is 1.46. The van der Waals surface area contributed by atoms with Crippen LogP contribution < -0.4 is 10.5 Å². The van der Waals surface area contributed by atoms with Gasteiger partial charge >= 0.3 is 0 Å². The van der Waals surface area contributed by atoms with Gasteiger partial charge in [0.25, 0.3) is 5.91 Å². The number of phenolic OH excluding ortho intramolecular Hbond substituents is 1. The van der Waals surface area contributed by atoms with Crippen LogP contribution in [0, 0.1) is 6.92 Å². The molecule has 18 heavy (non-hydrogen) atoms. The number of hydrogen-bond donors (Lipinski definition) is 2. The lowest BCUT2D eigenvalue weighted by atomic mass is 10.2. The molecule has 0 bridgehead atoms. The number of carbonyl (C=O) groups is 1. The molecule has 0 aliphatic heterocycles. The van der Waals surface area contributed by atoms with E-state index in [0.29, 0.717) is 11.4 Å². The number of aromatic nitrogens is 1. The summed E-state index contributed by atoms with van der Waals surface area (Å²) in [5.74, 6) is -0.0258. The first kappa shape index (κ1) is 11.9. The normalized spacial score (nSPS) is 10.1. The average Bonchev–Trinajstić information content (AvgIpc) is 2.28. The Kier molecular flexibility index (Phi) is 3.14. The third kappa shape index (κ3) is 2.57. The fourth-order valence-electron chi connectivity index (χ4n) is 1.46. The Balaban J connectivity index is 2.39. The van der Waals surface area contributed by atoms with Crippen LogP contribution in [0.2, 0.25) is 0 Å². The molecular formula is C13H12N2O3.